The number of hydrogen-bond acceptors (Lipinski definition) is 3. The molecule has 5 nitrogen and oxygen atoms in total. The number of rotatable bonds is 3. The average molecular weight is 312 g/mol. The molecule has 1 saturated heterocycles. The number of carbonyl (C=O) groups is 1. The Morgan fingerprint density at radius 3 is 2.61 bits per heavy atom. The maximum absolute atomic E-state index is 12.5. The van der Waals surface area contributed by atoms with Crippen LogP contribution < -0.4 is 0 Å². The molecule has 0 radical (unpaired) electrons. The molecule has 2 heterocycles. The number of aryl methyl sites for hydroxylation is 1. The van der Waals surface area contributed by atoms with Crippen molar-refractivity contribution in [3.63, 3.8) is 0 Å². The molecule has 1 amide bonds. The van der Waals surface area contributed by atoms with Crippen molar-refractivity contribution >= 4 is 16.9 Å². The lowest BCUT2D eigenvalue weighted by atomic mass is 10.1. The molecular formula is C18H24N4O. The van der Waals surface area contributed by atoms with E-state index in [1.165, 1.54) is 24.2 Å². The molecule has 122 valence electrons. The Morgan fingerprint density at radius 1 is 1.17 bits per heavy atom. The molecule has 23 heavy (non-hydrogen) atoms. The number of aromatic nitrogens is 2. The van der Waals surface area contributed by atoms with Gasteiger partial charge in [0.2, 0.25) is 5.91 Å². The second kappa shape index (κ2) is 5.64. The third-order valence-electron chi connectivity index (χ3n) is 5.13. The van der Waals surface area contributed by atoms with Gasteiger partial charge in [-0.25, -0.2) is 4.98 Å². The maximum Gasteiger partial charge on any atom is 0.227 e. The van der Waals surface area contributed by atoms with Gasteiger partial charge in [-0.2, -0.15) is 0 Å². The van der Waals surface area contributed by atoms with Gasteiger partial charge >= 0.3 is 0 Å². The monoisotopic (exact) mass is 312 g/mol. The molecule has 1 aromatic heterocycles. The highest BCUT2D eigenvalue weighted by molar-refractivity contribution is 5.82. The average Bonchev–Trinajstić information content (AvgIpc) is 3.33. The fraction of sp³-hybridized carbons (Fsp3) is 0.556. The van der Waals surface area contributed by atoms with Crippen LogP contribution in [0.15, 0.2) is 18.2 Å². The summed E-state index contributed by atoms with van der Waals surface area (Å²) < 4.78 is 2.21. The lowest BCUT2D eigenvalue weighted by molar-refractivity contribution is -0.132. The molecule has 0 unspecified atom stereocenters. The number of piperazine rings is 1. The molecule has 2 fully saturated rings. The Balaban J connectivity index is 1.51. The number of fused-ring (bicyclic) bond motifs is 1. The minimum atomic E-state index is 0.232. The molecular weight excluding hydrogens is 288 g/mol. The molecule has 0 atom stereocenters. The number of hydrogen-bond donors (Lipinski definition) is 0. The van der Waals surface area contributed by atoms with Crippen molar-refractivity contribution < 1.29 is 4.79 Å². The van der Waals surface area contributed by atoms with Gasteiger partial charge in [0.15, 0.2) is 0 Å². The Labute approximate surface area is 136 Å². The third kappa shape index (κ3) is 2.85. The van der Waals surface area contributed by atoms with E-state index in [0.29, 0.717) is 12.3 Å². The van der Waals surface area contributed by atoms with Crippen molar-refractivity contribution in [2.75, 3.05) is 33.2 Å². The first kappa shape index (κ1) is 14.7. The lowest BCUT2D eigenvalue weighted by Crippen LogP contribution is -2.47. The summed E-state index contributed by atoms with van der Waals surface area (Å²) in [4.78, 5) is 21.5. The van der Waals surface area contributed by atoms with Crippen molar-refractivity contribution in [3.05, 3.63) is 29.6 Å². The van der Waals surface area contributed by atoms with E-state index in [1.807, 2.05) is 4.90 Å². The van der Waals surface area contributed by atoms with E-state index in [0.717, 1.165) is 37.3 Å². The number of carbonyl (C=O) groups excluding carboxylic acids is 1. The summed E-state index contributed by atoms with van der Waals surface area (Å²) in [5.41, 5.74) is 3.27. The molecule has 2 aromatic rings. The summed E-state index contributed by atoms with van der Waals surface area (Å²) in [6.45, 7) is 3.62. The van der Waals surface area contributed by atoms with Gasteiger partial charge in [-0.15, -0.1) is 0 Å². The smallest absolute Gasteiger partial charge is 0.227 e. The predicted octanol–water partition coefficient (Wildman–Crippen LogP) is 1.77. The lowest BCUT2D eigenvalue weighted by Gasteiger charge is -2.32. The van der Waals surface area contributed by atoms with Gasteiger partial charge in [-0.05, 0) is 37.6 Å². The van der Waals surface area contributed by atoms with Gasteiger partial charge < -0.3 is 14.4 Å². The number of benzene rings is 1. The highest BCUT2D eigenvalue weighted by Crippen LogP contribution is 2.40. The van der Waals surface area contributed by atoms with E-state index in [4.69, 9.17) is 4.98 Å². The molecule has 5 heteroatoms. The van der Waals surface area contributed by atoms with E-state index in [9.17, 15) is 4.79 Å². The van der Waals surface area contributed by atoms with Crippen molar-refractivity contribution in [3.8, 4) is 0 Å². The quantitative estimate of drug-likeness (QED) is 0.867. The second-order valence-electron chi connectivity index (χ2n) is 6.99. The molecule has 0 spiro atoms. The van der Waals surface area contributed by atoms with Crippen molar-refractivity contribution in [1.29, 1.82) is 0 Å². The Bertz CT molecular complexity index is 739. The van der Waals surface area contributed by atoms with Gasteiger partial charge in [0, 0.05) is 39.1 Å². The summed E-state index contributed by atoms with van der Waals surface area (Å²) in [6, 6.07) is 6.28. The first-order chi connectivity index (χ1) is 11.1. The molecule has 4 rings (SSSR count). The van der Waals surface area contributed by atoms with Crippen LogP contribution >= 0.6 is 0 Å². The zero-order valence-electron chi connectivity index (χ0n) is 14.0. The van der Waals surface area contributed by atoms with Crippen LogP contribution in [0.4, 0.5) is 0 Å². The predicted molar refractivity (Wildman–Crippen MR) is 90.5 cm³/mol. The summed E-state index contributed by atoms with van der Waals surface area (Å²) in [7, 11) is 4.20. The minimum absolute atomic E-state index is 0.232. The van der Waals surface area contributed by atoms with Gasteiger partial charge in [-0.3, -0.25) is 4.79 Å². The summed E-state index contributed by atoms with van der Waals surface area (Å²) >= 11 is 0. The zero-order chi connectivity index (χ0) is 16.0. The summed E-state index contributed by atoms with van der Waals surface area (Å²) in [5.74, 6) is 2.07. The van der Waals surface area contributed by atoms with Gasteiger partial charge in [0.25, 0.3) is 0 Å². The first-order valence-electron chi connectivity index (χ1n) is 8.53. The van der Waals surface area contributed by atoms with E-state index in [1.54, 1.807) is 0 Å². The Kier molecular flexibility index (Phi) is 3.60. The van der Waals surface area contributed by atoms with E-state index >= 15 is 0 Å². The fourth-order valence-corrected chi connectivity index (χ4v) is 3.42. The highest BCUT2D eigenvalue weighted by Gasteiger charge is 2.28. The summed E-state index contributed by atoms with van der Waals surface area (Å²) in [6.07, 6.45) is 2.99. The van der Waals surface area contributed by atoms with Gasteiger partial charge in [0.05, 0.1) is 17.5 Å². The van der Waals surface area contributed by atoms with E-state index in [2.05, 4.69) is 41.8 Å². The number of amides is 1. The number of imidazole rings is 1. The summed E-state index contributed by atoms with van der Waals surface area (Å²) in [5, 5.41) is 0. The Morgan fingerprint density at radius 2 is 1.91 bits per heavy atom. The molecule has 1 aromatic carbocycles. The highest BCUT2D eigenvalue weighted by atomic mass is 16.2. The van der Waals surface area contributed by atoms with Crippen molar-refractivity contribution in [1.82, 2.24) is 19.4 Å². The van der Waals surface area contributed by atoms with Gasteiger partial charge in [-0.1, -0.05) is 6.07 Å². The van der Waals surface area contributed by atoms with Crippen LogP contribution in [-0.4, -0.2) is 58.5 Å². The molecule has 1 aliphatic carbocycles. The van der Waals surface area contributed by atoms with E-state index < -0.39 is 0 Å². The Hall–Kier alpha value is -1.88. The third-order valence-corrected chi connectivity index (χ3v) is 5.13. The SMILES string of the molecule is CN1CCN(C(=O)Cc2ccc3c(c2)nc(C2CC2)n3C)CC1. The molecule has 0 N–H and O–H groups in total. The van der Waals surface area contributed by atoms with Crippen molar-refractivity contribution in [2.45, 2.75) is 25.2 Å². The van der Waals surface area contributed by atoms with Crippen LogP contribution in [0, 0.1) is 0 Å². The van der Waals surface area contributed by atoms with E-state index in [-0.39, 0.29) is 5.91 Å². The minimum Gasteiger partial charge on any atom is -0.340 e. The zero-order valence-corrected chi connectivity index (χ0v) is 14.0. The molecule has 0 bridgehead atoms. The van der Waals surface area contributed by atoms with Crippen LogP contribution in [0.2, 0.25) is 0 Å². The standard InChI is InChI=1S/C18H24N4O/c1-20-7-9-22(10-8-20)17(23)12-13-3-6-16-15(11-13)19-18(21(16)2)14-4-5-14/h3,6,11,14H,4-5,7-10,12H2,1-2H3. The normalized spacial score (nSPS) is 19.5. The second-order valence-corrected chi connectivity index (χ2v) is 6.99. The largest absolute Gasteiger partial charge is 0.340 e. The van der Waals surface area contributed by atoms with Crippen LogP contribution in [0.1, 0.15) is 30.1 Å². The first-order valence-corrected chi connectivity index (χ1v) is 8.53. The molecule has 1 saturated carbocycles. The van der Waals surface area contributed by atoms with Crippen molar-refractivity contribution in [2.24, 2.45) is 7.05 Å². The van der Waals surface area contributed by atoms with Crippen LogP contribution in [-0.2, 0) is 18.3 Å². The molecule has 2 aliphatic rings. The van der Waals surface area contributed by atoms with Crippen LogP contribution in [0.5, 0.6) is 0 Å². The maximum atomic E-state index is 12.5. The van der Waals surface area contributed by atoms with Gasteiger partial charge in [0.1, 0.15) is 5.82 Å². The topological polar surface area (TPSA) is 41.4 Å². The fourth-order valence-electron chi connectivity index (χ4n) is 3.42. The van der Waals surface area contributed by atoms with Crippen LogP contribution in [0.3, 0.4) is 0 Å². The molecule has 1 aliphatic heterocycles. The number of nitrogens with zero attached hydrogens (tertiary/aromatic N) is 4. The number of likely N-dealkylation sites (N-methyl/N-ethyl adjacent to an activating group) is 1. The van der Waals surface area contributed by atoms with Crippen LogP contribution in [0.25, 0.3) is 11.0 Å².